The normalized spacial score (nSPS) is 18.6. The third-order valence-electron chi connectivity index (χ3n) is 3.09. The van der Waals surface area contributed by atoms with E-state index in [1.165, 1.54) is 0 Å². The number of urea groups is 1. The van der Waals surface area contributed by atoms with Crippen molar-refractivity contribution in [3.8, 4) is 12.3 Å². The first kappa shape index (κ1) is 13.9. The Morgan fingerprint density at radius 3 is 2.59 bits per heavy atom. The SMILES string of the molecule is C#CCC(C)NC1CCN(C(=O)N(C)C)CC1. The number of carbonyl (C=O) groups excluding carboxylic acids is 1. The van der Waals surface area contributed by atoms with Gasteiger partial charge in [-0.15, -0.1) is 12.3 Å². The van der Waals surface area contributed by atoms with E-state index >= 15 is 0 Å². The fourth-order valence-electron chi connectivity index (χ4n) is 2.16. The zero-order chi connectivity index (χ0) is 12.8. The van der Waals surface area contributed by atoms with Gasteiger partial charge in [0.2, 0.25) is 0 Å². The van der Waals surface area contributed by atoms with E-state index < -0.39 is 0 Å². The second-order valence-corrected chi connectivity index (χ2v) is 4.91. The Labute approximate surface area is 104 Å². The topological polar surface area (TPSA) is 35.6 Å². The van der Waals surface area contributed by atoms with Gasteiger partial charge in [0, 0.05) is 45.7 Å². The molecule has 96 valence electrons. The Kier molecular flexibility index (Phi) is 5.30. The molecular formula is C13H23N3O. The van der Waals surface area contributed by atoms with Crippen molar-refractivity contribution in [1.29, 1.82) is 0 Å². The zero-order valence-electron chi connectivity index (χ0n) is 11.1. The second kappa shape index (κ2) is 6.51. The van der Waals surface area contributed by atoms with Gasteiger partial charge in [-0.05, 0) is 19.8 Å². The van der Waals surface area contributed by atoms with Crippen molar-refractivity contribution in [2.75, 3.05) is 27.2 Å². The highest BCUT2D eigenvalue weighted by Gasteiger charge is 2.24. The van der Waals surface area contributed by atoms with Gasteiger partial charge < -0.3 is 15.1 Å². The van der Waals surface area contributed by atoms with Crippen LogP contribution in [0.3, 0.4) is 0 Å². The summed E-state index contributed by atoms with van der Waals surface area (Å²) in [7, 11) is 3.59. The first-order valence-corrected chi connectivity index (χ1v) is 6.20. The first-order chi connectivity index (χ1) is 8.04. The van der Waals surface area contributed by atoms with Gasteiger partial charge in [-0.1, -0.05) is 0 Å². The van der Waals surface area contributed by atoms with Crippen LogP contribution in [-0.2, 0) is 0 Å². The van der Waals surface area contributed by atoms with Gasteiger partial charge in [0.15, 0.2) is 0 Å². The molecule has 1 unspecified atom stereocenters. The maximum atomic E-state index is 11.7. The van der Waals surface area contributed by atoms with Crippen molar-refractivity contribution >= 4 is 6.03 Å². The number of nitrogens with one attached hydrogen (secondary N) is 1. The van der Waals surface area contributed by atoms with Crippen molar-refractivity contribution in [3.63, 3.8) is 0 Å². The number of piperidine rings is 1. The molecule has 1 N–H and O–H groups in total. The van der Waals surface area contributed by atoms with Crippen molar-refractivity contribution < 1.29 is 4.79 Å². The Morgan fingerprint density at radius 2 is 2.12 bits per heavy atom. The predicted molar refractivity (Wildman–Crippen MR) is 69.7 cm³/mol. The van der Waals surface area contributed by atoms with E-state index in [1.807, 2.05) is 4.90 Å². The molecule has 0 aromatic heterocycles. The molecule has 0 bridgehead atoms. The van der Waals surface area contributed by atoms with E-state index in [4.69, 9.17) is 6.42 Å². The van der Waals surface area contributed by atoms with E-state index in [1.54, 1.807) is 19.0 Å². The molecule has 1 aliphatic heterocycles. The molecule has 1 heterocycles. The lowest BCUT2D eigenvalue weighted by molar-refractivity contribution is 0.151. The lowest BCUT2D eigenvalue weighted by atomic mass is 10.0. The van der Waals surface area contributed by atoms with E-state index in [0.717, 1.165) is 32.4 Å². The number of hydrogen-bond acceptors (Lipinski definition) is 2. The second-order valence-electron chi connectivity index (χ2n) is 4.91. The smallest absolute Gasteiger partial charge is 0.319 e. The van der Waals surface area contributed by atoms with Crippen LogP contribution in [0.1, 0.15) is 26.2 Å². The molecule has 0 aliphatic carbocycles. The molecule has 1 atom stereocenters. The lowest BCUT2D eigenvalue weighted by Crippen LogP contribution is -2.49. The van der Waals surface area contributed by atoms with E-state index in [-0.39, 0.29) is 6.03 Å². The summed E-state index contributed by atoms with van der Waals surface area (Å²) in [6.45, 7) is 3.77. The highest BCUT2D eigenvalue weighted by Crippen LogP contribution is 2.12. The Morgan fingerprint density at radius 1 is 1.53 bits per heavy atom. The standard InChI is InChI=1S/C13H23N3O/c1-5-6-11(2)14-12-7-9-16(10-8-12)13(17)15(3)4/h1,11-12,14H,6-10H2,2-4H3. The molecule has 1 rings (SSSR count). The summed E-state index contributed by atoms with van der Waals surface area (Å²) in [5, 5.41) is 3.51. The zero-order valence-corrected chi connectivity index (χ0v) is 11.1. The minimum atomic E-state index is 0.111. The molecule has 1 saturated heterocycles. The van der Waals surface area contributed by atoms with Crippen LogP contribution >= 0.6 is 0 Å². The van der Waals surface area contributed by atoms with E-state index in [2.05, 4.69) is 18.2 Å². The summed E-state index contributed by atoms with van der Waals surface area (Å²) >= 11 is 0. The molecule has 0 aromatic carbocycles. The molecule has 4 nitrogen and oxygen atoms in total. The molecule has 0 spiro atoms. The Balaban J connectivity index is 2.31. The maximum Gasteiger partial charge on any atom is 0.319 e. The van der Waals surface area contributed by atoms with Gasteiger partial charge in [-0.25, -0.2) is 4.79 Å². The van der Waals surface area contributed by atoms with Crippen molar-refractivity contribution in [1.82, 2.24) is 15.1 Å². The molecule has 0 saturated carbocycles. The largest absolute Gasteiger partial charge is 0.331 e. The molecule has 17 heavy (non-hydrogen) atoms. The fourth-order valence-corrected chi connectivity index (χ4v) is 2.16. The minimum Gasteiger partial charge on any atom is -0.331 e. The summed E-state index contributed by atoms with van der Waals surface area (Å²) in [5.41, 5.74) is 0. The van der Waals surface area contributed by atoms with Crippen LogP contribution in [0.25, 0.3) is 0 Å². The maximum absolute atomic E-state index is 11.7. The van der Waals surface area contributed by atoms with Crippen LogP contribution in [-0.4, -0.2) is 55.1 Å². The van der Waals surface area contributed by atoms with Crippen molar-refractivity contribution in [3.05, 3.63) is 0 Å². The van der Waals surface area contributed by atoms with E-state index in [9.17, 15) is 4.79 Å². The van der Waals surface area contributed by atoms with Gasteiger partial charge >= 0.3 is 6.03 Å². The molecule has 1 aliphatic rings. The van der Waals surface area contributed by atoms with Crippen molar-refractivity contribution in [2.45, 2.75) is 38.3 Å². The number of amides is 2. The average molecular weight is 237 g/mol. The number of hydrogen-bond donors (Lipinski definition) is 1. The molecule has 0 radical (unpaired) electrons. The number of nitrogens with zero attached hydrogens (tertiary/aromatic N) is 2. The molecule has 0 aromatic rings. The molecule has 4 heteroatoms. The molecular weight excluding hydrogens is 214 g/mol. The third-order valence-corrected chi connectivity index (χ3v) is 3.09. The Hall–Kier alpha value is -1.21. The van der Waals surface area contributed by atoms with Crippen LogP contribution in [0.2, 0.25) is 0 Å². The van der Waals surface area contributed by atoms with Gasteiger partial charge in [0.05, 0.1) is 0 Å². The van der Waals surface area contributed by atoms with Gasteiger partial charge in [0.1, 0.15) is 0 Å². The van der Waals surface area contributed by atoms with Gasteiger partial charge in [-0.2, -0.15) is 0 Å². The summed E-state index contributed by atoms with van der Waals surface area (Å²) in [4.78, 5) is 15.3. The van der Waals surface area contributed by atoms with Crippen molar-refractivity contribution in [2.24, 2.45) is 0 Å². The summed E-state index contributed by atoms with van der Waals surface area (Å²) in [6.07, 6.45) is 8.06. The fraction of sp³-hybridized carbons (Fsp3) is 0.769. The Bertz CT molecular complexity index is 288. The minimum absolute atomic E-state index is 0.111. The van der Waals surface area contributed by atoms with Crippen LogP contribution < -0.4 is 5.32 Å². The third kappa shape index (κ3) is 4.27. The van der Waals surface area contributed by atoms with Gasteiger partial charge in [-0.3, -0.25) is 0 Å². The highest BCUT2D eigenvalue weighted by molar-refractivity contribution is 5.73. The average Bonchev–Trinajstić information content (AvgIpc) is 2.29. The highest BCUT2D eigenvalue weighted by atomic mass is 16.2. The lowest BCUT2D eigenvalue weighted by Gasteiger charge is -2.35. The number of likely N-dealkylation sites (tertiary alicyclic amines) is 1. The van der Waals surface area contributed by atoms with E-state index in [0.29, 0.717) is 12.1 Å². The summed E-state index contributed by atoms with van der Waals surface area (Å²) in [5.74, 6) is 2.67. The summed E-state index contributed by atoms with van der Waals surface area (Å²) in [6, 6.07) is 0.964. The number of rotatable bonds is 3. The monoisotopic (exact) mass is 237 g/mol. The number of carbonyl (C=O) groups is 1. The quantitative estimate of drug-likeness (QED) is 0.747. The van der Waals surface area contributed by atoms with Crippen LogP contribution in [0.4, 0.5) is 4.79 Å². The molecule has 2 amide bonds. The van der Waals surface area contributed by atoms with Crippen LogP contribution in [0.15, 0.2) is 0 Å². The number of terminal acetylenes is 1. The first-order valence-electron chi connectivity index (χ1n) is 6.20. The van der Waals surface area contributed by atoms with Crippen LogP contribution in [0.5, 0.6) is 0 Å². The predicted octanol–water partition coefficient (Wildman–Crippen LogP) is 1.13. The van der Waals surface area contributed by atoms with Crippen LogP contribution in [0, 0.1) is 12.3 Å². The molecule has 1 fully saturated rings. The summed E-state index contributed by atoms with van der Waals surface area (Å²) < 4.78 is 0. The van der Waals surface area contributed by atoms with Gasteiger partial charge in [0.25, 0.3) is 0 Å².